The smallest absolute Gasteiger partial charge is 0.308 e. The molecular formula is C28H27FN2O5. The normalized spacial score (nSPS) is 20.9. The molecule has 0 unspecified atom stereocenters. The third-order valence-electron chi connectivity index (χ3n) is 7.02. The maximum atomic E-state index is 13.6. The number of ether oxygens (including phenoxy) is 2. The minimum Gasteiger partial charge on any atom is -0.482 e. The number of hydrogen-bond donors (Lipinski definition) is 1. The van der Waals surface area contributed by atoms with Gasteiger partial charge in [0.25, 0.3) is 11.8 Å². The van der Waals surface area contributed by atoms with E-state index in [1.165, 1.54) is 19.2 Å². The summed E-state index contributed by atoms with van der Waals surface area (Å²) in [7, 11) is 1.38. The number of halogens is 1. The number of nitrogens with one attached hydrogen (secondary N) is 1. The Bertz CT molecular complexity index is 1320. The molecule has 3 aliphatic heterocycles. The molecule has 186 valence electrons. The van der Waals surface area contributed by atoms with E-state index in [4.69, 9.17) is 9.47 Å². The fraction of sp³-hybridized carbons (Fsp3) is 0.321. The molecule has 36 heavy (non-hydrogen) atoms. The monoisotopic (exact) mass is 490 g/mol. The molecule has 2 aromatic rings. The van der Waals surface area contributed by atoms with Gasteiger partial charge in [-0.2, -0.15) is 0 Å². The number of hydrogen-bond acceptors (Lipinski definition) is 5. The van der Waals surface area contributed by atoms with E-state index in [0.29, 0.717) is 54.1 Å². The van der Waals surface area contributed by atoms with Gasteiger partial charge >= 0.3 is 5.97 Å². The summed E-state index contributed by atoms with van der Waals surface area (Å²) >= 11 is 0. The number of likely N-dealkylation sites (tertiary alicyclic amines) is 1. The highest BCUT2D eigenvalue weighted by molar-refractivity contribution is 6.32. The first-order valence-electron chi connectivity index (χ1n) is 11.9. The highest BCUT2D eigenvalue weighted by Gasteiger charge is 2.38. The molecule has 3 heterocycles. The molecule has 7 nitrogen and oxygen atoms in total. The fourth-order valence-corrected chi connectivity index (χ4v) is 5.07. The summed E-state index contributed by atoms with van der Waals surface area (Å²) in [6.45, 7) is 4.85. The average molecular weight is 491 g/mol. The van der Waals surface area contributed by atoms with Crippen LogP contribution in [0.4, 0.5) is 10.1 Å². The minimum absolute atomic E-state index is 0.0740. The second-order valence-corrected chi connectivity index (χ2v) is 9.72. The van der Waals surface area contributed by atoms with Crippen molar-refractivity contribution in [1.29, 1.82) is 0 Å². The predicted molar refractivity (Wildman–Crippen MR) is 132 cm³/mol. The molecule has 1 saturated heterocycles. The number of anilines is 1. The van der Waals surface area contributed by atoms with Crippen LogP contribution in [0.25, 0.3) is 11.1 Å². The van der Waals surface area contributed by atoms with Gasteiger partial charge in [0.2, 0.25) is 0 Å². The lowest BCUT2D eigenvalue weighted by atomic mass is 9.91. The van der Waals surface area contributed by atoms with E-state index in [0.717, 1.165) is 11.1 Å². The van der Waals surface area contributed by atoms with Crippen molar-refractivity contribution in [3.05, 3.63) is 76.8 Å². The molecule has 8 heteroatoms. The van der Waals surface area contributed by atoms with Crippen molar-refractivity contribution >= 4 is 34.6 Å². The van der Waals surface area contributed by atoms with Crippen molar-refractivity contribution in [3.8, 4) is 0 Å². The maximum absolute atomic E-state index is 13.6. The Hall–Kier alpha value is -3.94. The van der Waals surface area contributed by atoms with E-state index in [9.17, 15) is 18.8 Å². The fourth-order valence-electron chi connectivity index (χ4n) is 5.07. The van der Waals surface area contributed by atoms with Crippen LogP contribution in [0.2, 0.25) is 0 Å². The maximum Gasteiger partial charge on any atom is 0.308 e. The van der Waals surface area contributed by atoms with Gasteiger partial charge in [0.05, 0.1) is 24.3 Å². The highest BCUT2D eigenvalue weighted by atomic mass is 19.1. The Kier molecular flexibility index (Phi) is 5.90. The molecule has 0 bridgehead atoms. The molecular weight excluding hydrogens is 463 g/mol. The van der Waals surface area contributed by atoms with Crippen LogP contribution in [-0.2, 0) is 19.1 Å². The van der Waals surface area contributed by atoms with Crippen molar-refractivity contribution in [2.24, 2.45) is 5.92 Å². The molecule has 0 spiro atoms. The number of methoxy groups -OCH3 is 1. The molecule has 5 rings (SSSR count). The summed E-state index contributed by atoms with van der Waals surface area (Å²) in [5.74, 6) is -0.792. The van der Waals surface area contributed by atoms with Crippen molar-refractivity contribution in [1.82, 2.24) is 4.90 Å². The van der Waals surface area contributed by atoms with Crippen LogP contribution in [0.3, 0.4) is 0 Å². The molecule has 1 fully saturated rings. The number of esters is 1. The number of rotatable bonds is 3. The zero-order valence-corrected chi connectivity index (χ0v) is 20.4. The van der Waals surface area contributed by atoms with Crippen LogP contribution in [0.5, 0.6) is 0 Å². The SMILES string of the molecule is COC(=O)C1CCN(C(=O)c2ccc(C3=C/C(=C4/C(=O)Nc5cc(F)ccc54)OC3(C)C)cc2)CC1. The number of allylic oxidation sites excluding steroid dienone is 1. The molecule has 2 amide bonds. The zero-order chi connectivity index (χ0) is 25.6. The van der Waals surface area contributed by atoms with Crippen molar-refractivity contribution in [2.45, 2.75) is 32.3 Å². The second-order valence-electron chi connectivity index (χ2n) is 9.72. The third-order valence-corrected chi connectivity index (χ3v) is 7.02. The molecule has 0 aliphatic carbocycles. The average Bonchev–Trinajstić information content (AvgIpc) is 3.37. The lowest BCUT2D eigenvalue weighted by molar-refractivity contribution is -0.146. The van der Waals surface area contributed by atoms with Gasteiger partial charge in [0, 0.05) is 29.8 Å². The molecule has 3 aliphatic rings. The molecule has 1 N–H and O–H groups in total. The van der Waals surface area contributed by atoms with Gasteiger partial charge in [0.1, 0.15) is 17.2 Å². The summed E-state index contributed by atoms with van der Waals surface area (Å²) in [4.78, 5) is 39.2. The number of carbonyl (C=O) groups excluding carboxylic acids is 3. The van der Waals surface area contributed by atoms with Crippen molar-refractivity contribution in [2.75, 3.05) is 25.5 Å². The molecule has 0 atom stereocenters. The van der Waals surface area contributed by atoms with Gasteiger partial charge in [-0.05, 0) is 68.7 Å². The Balaban J connectivity index is 1.38. The minimum atomic E-state index is -0.716. The van der Waals surface area contributed by atoms with Crippen molar-refractivity contribution in [3.63, 3.8) is 0 Å². The number of amides is 2. The predicted octanol–water partition coefficient (Wildman–Crippen LogP) is 4.41. The van der Waals surface area contributed by atoms with Gasteiger partial charge in [-0.3, -0.25) is 14.4 Å². The summed E-state index contributed by atoms with van der Waals surface area (Å²) in [6, 6.07) is 11.5. The van der Waals surface area contributed by atoms with Crippen molar-refractivity contribution < 1.29 is 28.2 Å². The highest BCUT2D eigenvalue weighted by Crippen LogP contribution is 2.44. The zero-order valence-electron chi connectivity index (χ0n) is 20.4. The number of nitrogens with zero attached hydrogens (tertiary/aromatic N) is 1. The molecule has 0 aromatic heterocycles. The van der Waals surface area contributed by atoms with Crippen LogP contribution in [-0.4, -0.2) is 48.5 Å². The summed E-state index contributed by atoms with van der Waals surface area (Å²) in [5, 5.41) is 2.70. The molecule has 0 radical (unpaired) electrons. The van der Waals surface area contributed by atoms with E-state index in [1.54, 1.807) is 23.1 Å². The number of carbonyl (C=O) groups is 3. The number of benzene rings is 2. The van der Waals surface area contributed by atoms with E-state index in [1.807, 2.05) is 32.1 Å². The van der Waals surface area contributed by atoms with Gasteiger partial charge in [-0.15, -0.1) is 0 Å². The first-order valence-corrected chi connectivity index (χ1v) is 11.9. The number of piperidine rings is 1. The van der Waals surface area contributed by atoms with E-state index in [2.05, 4.69) is 5.32 Å². The van der Waals surface area contributed by atoms with E-state index in [-0.39, 0.29) is 23.7 Å². The first kappa shape index (κ1) is 23.8. The molecule has 2 aromatic carbocycles. The summed E-state index contributed by atoms with van der Waals surface area (Å²) in [6.07, 6.45) is 3.02. The van der Waals surface area contributed by atoms with Crippen LogP contribution in [0.1, 0.15) is 48.2 Å². The van der Waals surface area contributed by atoms with E-state index >= 15 is 0 Å². The van der Waals surface area contributed by atoms with Crippen LogP contribution in [0, 0.1) is 11.7 Å². The van der Waals surface area contributed by atoms with Gasteiger partial charge in [-0.25, -0.2) is 4.39 Å². The van der Waals surface area contributed by atoms with Crippen LogP contribution in [0.15, 0.2) is 54.3 Å². The number of fused-ring (bicyclic) bond motifs is 1. The molecule has 0 saturated carbocycles. The van der Waals surface area contributed by atoms with E-state index < -0.39 is 11.4 Å². The Morgan fingerprint density at radius 1 is 1.11 bits per heavy atom. The van der Waals surface area contributed by atoms with Crippen LogP contribution >= 0.6 is 0 Å². The van der Waals surface area contributed by atoms with Gasteiger partial charge in [-0.1, -0.05) is 12.1 Å². The third kappa shape index (κ3) is 4.17. The Morgan fingerprint density at radius 2 is 1.81 bits per heavy atom. The van der Waals surface area contributed by atoms with Gasteiger partial charge < -0.3 is 19.7 Å². The topological polar surface area (TPSA) is 84.9 Å². The standard InChI is InChI=1S/C28H27FN2O5/c1-28(2)21(15-23(36-28)24-20-9-8-19(29)14-22(20)30-25(24)32)16-4-6-17(7-5-16)26(33)31-12-10-18(11-13-31)27(34)35-3/h4-9,14-15,18H,10-13H2,1-3H3,(H,30,32)/b24-23-. The second kappa shape index (κ2) is 8.93. The van der Waals surface area contributed by atoms with Crippen LogP contribution < -0.4 is 5.32 Å². The first-order chi connectivity index (χ1) is 17.2. The van der Waals surface area contributed by atoms with Gasteiger partial charge in [0.15, 0.2) is 0 Å². The Morgan fingerprint density at radius 3 is 2.47 bits per heavy atom. The quantitative estimate of drug-likeness (QED) is 0.509. The lowest BCUT2D eigenvalue weighted by Crippen LogP contribution is -2.40. The summed E-state index contributed by atoms with van der Waals surface area (Å²) in [5.41, 5.74) is 2.98. The lowest BCUT2D eigenvalue weighted by Gasteiger charge is -2.30. The Labute approximate surface area is 208 Å². The largest absolute Gasteiger partial charge is 0.482 e. The summed E-state index contributed by atoms with van der Waals surface area (Å²) < 4.78 is 24.6.